The van der Waals surface area contributed by atoms with Crippen LogP contribution in [0.1, 0.15) is 12.8 Å². The number of nitrogens with zero attached hydrogens (tertiary/aromatic N) is 4. The second-order valence-corrected chi connectivity index (χ2v) is 6.12. The standard InChI is InChI=1S/C14H21N4O3/c1-16-4-5-17(14(16)8-15-20)10-21-11-18-6-2-12(3-7-18)13(19)9-18/h4-5,8,12H,2-3,6-7,9-11H2,1H3/q+1/b14-8+. The van der Waals surface area contributed by atoms with Crippen molar-refractivity contribution in [3.63, 3.8) is 0 Å². The van der Waals surface area contributed by atoms with Gasteiger partial charge in [-0.15, -0.1) is 4.91 Å². The molecule has 4 aliphatic heterocycles. The average Bonchev–Trinajstić information content (AvgIpc) is 2.82. The Morgan fingerprint density at radius 1 is 1.43 bits per heavy atom. The number of carbonyl (C=O) groups excluding carboxylic acids is 1. The molecule has 21 heavy (non-hydrogen) atoms. The van der Waals surface area contributed by atoms with Gasteiger partial charge >= 0.3 is 0 Å². The molecule has 7 heteroatoms. The smallest absolute Gasteiger partial charge is 0.190 e. The number of nitroso groups, excluding NO2 is 1. The molecule has 7 nitrogen and oxygen atoms in total. The number of fused-ring (bicyclic) bond motifs is 3. The van der Waals surface area contributed by atoms with E-state index in [1.54, 1.807) is 0 Å². The molecule has 3 fully saturated rings. The van der Waals surface area contributed by atoms with Crippen molar-refractivity contribution in [1.82, 2.24) is 9.80 Å². The SMILES string of the molecule is CN1C=CN(COC[N+]23CCC(CC2)C(=O)C3)/C1=C/N=O. The van der Waals surface area contributed by atoms with Gasteiger partial charge in [0.05, 0.1) is 13.1 Å². The van der Waals surface area contributed by atoms with E-state index in [9.17, 15) is 9.70 Å². The minimum absolute atomic E-state index is 0.299. The van der Waals surface area contributed by atoms with Crippen LogP contribution in [0.5, 0.6) is 0 Å². The average molecular weight is 293 g/mol. The van der Waals surface area contributed by atoms with Crippen LogP contribution in [0.3, 0.4) is 0 Å². The lowest BCUT2D eigenvalue weighted by Gasteiger charge is -2.47. The van der Waals surface area contributed by atoms with Crippen molar-refractivity contribution < 1.29 is 14.0 Å². The van der Waals surface area contributed by atoms with Crippen LogP contribution in [0.25, 0.3) is 0 Å². The van der Waals surface area contributed by atoms with Gasteiger partial charge in [0.1, 0.15) is 25.3 Å². The van der Waals surface area contributed by atoms with E-state index in [1.165, 1.54) is 6.20 Å². The van der Waals surface area contributed by atoms with E-state index in [-0.39, 0.29) is 0 Å². The number of hydrogen-bond acceptors (Lipinski definition) is 6. The first-order chi connectivity index (χ1) is 10.1. The van der Waals surface area contributed by atoms with E-state index in [1.807, 2.05) is 29.2 Å². The second kappa shape index (κ2) is 5.57. The fourth-order valence-corrected chi connectivity index (χ4v) is 3.42. The van der Waals surface area contributed by atoms with Gasteiger partial charge in [0.2, 0.25) is 0 Å². The maximum absolute atomic E-state index is 11.9. The predicted molar refractivity (Wildman–Crippen MR) is 76.0 cm³/mol. The number of rotatable bonds is 5. The first-order valence-corrected chi connectivity index (χ1v) is 7.29. The van der Waals surface area contributed by atoms with Gasteiger partial charge in [0.25, 0.3) is 0 Å². The van der Waals surface area contributed by atoms with Crippen molar-refractivity contribution >= 4 is 5.78 Å². The van der Waals surface area contributed by atoms with Crippen molar-refractivity contribution in [2.45, 2.75) is 12.8 Å². The molecule has 0 atom stereocenters. The van der Waals surface area contributed by atoms with Crippen LogP contribution in [0, 0.1) is 10.8 Å². The zero-order valence-corrected chi connectivity index (χ0v) is 12.3. The molecule has 0 amide bonds. The molecule has 0 aromatic carbocycles. The lowest BCUT2D eigenvalue weighted by Crippen LogP contribution is -2.63. The summed E-state index contributed by atoms with van der Waals surface area (Å²) in [4.78, 5) is 26.0. The molecule has 0 radical (unpaired) electrons. The van der Waals surface area contributed by atoms with Crippen LogP contribution in [-0.2, 0) is 9.53 Å². The first-order valence-electron chi connectivity index (χ1n) is 7.29. The number of carbonyl (C=O) groups is 1. The van der Waals surface area contributed by atoms with E-state index in [2.05, 4.69) is 5.18 Å². The summed E-state index contributed by atoms with van der Waals surface area (Å²) >= 11 is 0. The number of ether oxygens (including phenoxy) is 1. The number of piperidine rings is 3. The minimum Gasteiger partial charge on any atom is -0.335 e. The Morgan fingerprint density at radius 2 is 2.19 bits per heavy atom. The van der Waals surface area contributed by atoms with Crippen LogP contribution >= 0.6 is 0 Å². The largest absolute Gasteiger partial charge is 0.335 e. The molecule has 0 spiro atoms. The minimum atomic E-state index is 0.299. The Hall–Kier alpha value is -1.73. The van der Waals surface area contributed by atoms with E-state index >= 15 is 0 Å². The molecule has 2 bridgehead atoms. The highest BCUT2D eigenvalue weighted by Gasteiger charge is 2.45. The molecule has 4 heterocycles. The highest BCUT2D eigenvalue weighted by molar-refractivity contribution is 5.83. The summed E-state index contributed by atoms with van der Waals surface area (Å²) < 4.78 is 6.59. The van der Waals surface area contributed by atoms with Crippen molar-refractivity contribution in [3.05, 3.63) is 29.3 Å². The predicted octanol–water partition coefficient (Wildman–Crippen LogP) is 1.01. The van der Waals surface area contributed by atoms with Crippen LogP contribution in [-0.4, -0.2) is 60.2 Å². The van der Waals surface area contributed by atoms with Gasteiger partial charge in [-0.2, -0.15) is 0 Å². The molecule has 0 aromatic rings. The third-order valence-electron chi connectivity index (χ3n) is 4.74. The molecule has 4 rings (SSSR count). The highest BCUT2D eigenvalue weighted by atomic mass is 16.5. The van der Waals surface area contributed by atoms with E-state index in [0.717, 1.165) is 30.4 Å². The summed E-state index contributed by atoms with van der Waals surface area (Å²) in [6, 6.07) is 0. The monoisotopic (exact) mass is 293 g/mol. The summed E-state index contributed by atoms with van der Waals surface area (Å²) in [5, 5.41) is 2.82. The normalized spacial score (nSPS) is 33.3. The van der Waals surface area contributed by atoms with Crippen LogP contribution in [0.2, 0.25) is 0 Å². The quantitative estimate of drug-likeness (QED) is 0.559. The van der Waals surface area contributed by atoms with Crippen LogP contribution in [0.15, 0.2) is 29.6 Å². The summed E-state index contributed by atoms with van der Waals surface area (Å²) in [6.45, 7) is 3.59. The van der Waals surface area contributed by atoms with Crippen LogP contribution in [0.4, 0.5) is 0 Å². The van der Waals surface area contributed by atoms with E-state index in [4.69, 9.17) is 4.74 Å². The number of quaternary nitrogens is 1. The van der Waals surface area contributed by atoms with Gasteiger partial charge in [-0.05, 0) is 5.18 Å². The van der Waals surface area contributed by atoms with E-state index < -0.39 is 0 Å². The zero-order valence-electron chi connectivity index (χ0n) is 12.3. The fourth-order valence-electron chi connectivity index (χ4n) is 3.42. The molecule has 0 unspecified atom stereocenters. The van der Waals surface area contributed by atoms with Crippen molar-refractivity contribution in [2.75, 3.05) is 40.1 Å². The molecule has 0 N–H and O–H groups in total. The van der Waals surface area contributed by atoms with Gasteiger partial charge in [0, 0.05) is 38.2 Å². The van der Waals surface area contributed by atoms with Gasteiger partial charge in [-0.25, -0.2) is 0 Å². The van der Waals surface area contributed by atoms with Crippen molar-refractivity contribution in [1.29, 1.82) is 0 Å². The Labute approximate surface area is 124 Å². The summed E-state index contributed by atoms with van der Waals surface area (Å²) in [5.74, 6) is 1.38. The molecule has 0 aliphatic carbocycles. The third-order valence-corrected chi connectivity index (χ3v) is 4.74. The summed E-state index contributed by atoms with van der Waals surface area (Å²) in [6.07, 6.45) is 6.96. The lowest BCUT2D eigenvalue weighted by molar-refractivity contribution is -0.948. The number of Topliss-reactive ketones (excluding diaryl/α,β-unsaturated/α-hetero) is 1. The maximum atomic E-state index is 11.9. The van der Waals surface area contributed by atoms with Gasteiger partial charge < -0.3 is 14.5 Å². The van der Waals surface area contributed by atoms with Gasteiger partial charge in [-0.1, -0.05) is 0 Å². The Morgan fingerprint density at radius 3 is 2.86 bits per heavy atom. The molecule has 4 aliphatic rings. The van der Waals surface area contributed by atoms with E-state index in [0.29, 0.717) is 37.5 Å². The zero-order chi connectivity index (χ0) is 14.9. The lowest BCUT2D eigenvalue weighted by atomic mass is 9.85. The Bertz CT molecular complexity index is 494. The second-order valence-electron chi connectivity index (χ2n) is 6.12. The Balaban J connectivity index is 1.54. The third kappa shape index (κ3) is 2.71. The Kier molecular flexibility index (Phi) is 3.77. The molecule has 0 aromatic heterocycles. The highest BCUT2D eigenvalue weighted by Crippen LogP contribution is 2.31. The molecule has 114 valence electrons. The van der Waals surface area contributed by atoms with Gasteiger partial charge in [-0.3, -0.25) is 9.28 Å². The van der Waals surface area contributed by atoms with Crippen LogP contribution < -0.4 is 0 Å². The maximum Gasteiger partial charge on any atom is 0.190 e. The summed E-state index contributed by atoms with van der Waals surface area (Å²) in [5.41, 5.74) is 0. The fraction of sp³-hybridized carbons (Fsp3) is 0.643. The first kappa shape index (κ1) is 14.2. The molecule has 3 saturated heterocycles. The molecular weight excluding hydrogens is 272 g/mol. The number of hydrogen-bond donors (Lipinski definition) is 0. The molecule has 0 saturated carbocycles. The van der Waals surface area contributed by atoms with Crippen molar-refractivity contribution in [2.24, 2.45) is 11.1 Å². The molecular formula is C14H21N4O3+. The number of ketones is 1. The topological polar surface area (TPSA) is 62.2 Å². The van der Waals surface area contributed by atoms with Crippen molar-refractivity contribution in [3.8, 4) is 0 Å². The summed E-state index contributed by atoms with van der Waals surface area (Å²) in [7, 11) is 1.85. The van der Waals surface area contributed by atoms with Gasteiger partial charge in [0.15, 0.2) is 12.5 Å².